The Hall–Kier alpha value is -1.81. The molecule has 0 saturated heterocycles. The molecule has 5 heteroatoms. The first kappa shape index (κ1) is 14.6. The molecule has 3 nitrogen and oxygen atoms in total. The summed E-state index contributed by atoms with van der Waals surface area (Å²) in [4.78, 5) is 4.19. The maximum atomic E-state index is 13.0. The molecule has 0 aliphatic heterocycles. The van der Waals surface area contributed by atoms with Gasteiger partial charge in [0.05, 0.1) is 11.8 Å². The molecule has 1 heterocycles. The second kappa shape index (κ2) is 6.57. The van der Waals surface area contributed by atoms with E-state index in [0.29, 0.717) is 17.4 Å². The van der Waals surface area contributed by atoms with E-state index in [4.69, 9.17) is 16.3 Å². The third kappa shape index (κ3) is 3.84. The van der Waals surface area contributed by atoms with E-state index < -0.39 is 0 Å². The summed E-state index contributed by atoms with van der Waals surface area (Å²) in [5.41, 5.74) is 1.59. The molecule has 0 radical (unpaired) electrons. The molecule has 1 N–H and O–H groups in total. The summed E-state index contributed by atoms with van der Waals surface area (Å²) in [5.74, 6) is 0.199. The highest BCUT2D eigenvalue weighted by atomic mass is 35.5. The maximum absolute atomic E-state index is 13.0. The second-order valence-electron chi connectivity index (χ2n) is 4.61. The zero-order valence-corrected chi connectivity index (χ0v) is 12.1. The zero-order valence-electron chi connectivity index (χ0n) is 11.4. The Morgan fingerprint density at radius 2 is 2.15 bits per heavy atom. The smallest absolute Gasteiger partial charge is 0.237 e. The molecule has 0 aliphatic carbocycles. The summed E-state index contributed by atoms with van der Waals surface area (Å²) < 4.78 is 18.6. The molecule has 0 aliphatic rings. The SMILES string of the molecule is CC(C)Oc1ncccc1NCc1ccc(F)cc1Cl. The molecule has 1 aromatic carbocycles. The predicted octanol–water partition coefficient (Wildman–Crippen LogP) is 4.27. The van der Waals surface area contributed by atoms with E-state index in [2.05, 4.69) is 10.3 Å². The Labute approximate surface area is 122 Å². The quantitative estimate of drug-likeness (QED) is 0.894. The lowest BCUT2D eigenvalue weighted by Crippen LogP contribution is -2.10. The number of rotatable bonds is 5. The fourth-order valence-electron chi connectivity index (χ4n) is 1.70. The molecule has 2 rings (SSSR count). The van der Waals surface area contributed by atoms with Crippen LogP contribution < -0.4 is 10.1 Å². The average Bonchev–Trinajstić information content (AvgIpc) is 2.39. The van der Waals surface area contributed by atoms with Crippen LogP contribution in [-0.2, 0) is 6.54 Å². The van der Waals surface area contributed by atoms with E-state index >= 15 is 0 Å². The van der Waals surface area contributed by atoms with Crippen LogP contribution in [0.25, 0.3) is 0 Å². The summed E-state index contributed by atoms with van der Waals surface area (Å²) in [6.07, 6.45) is 1.72. The lowest BCUT2D eigenvalue weighted by Gasteiger charge is -2.14. The van der Waals surface area contributed by atoms with Crippen molar-refractivity contribution in [2.75, 3.05) is 5.32 Å². The molecule has 0 saturated carbocycles. The standard InChI is InChI=1S/C15H16ClFN2O/c1-10(2)20-15-14(4-3-7-18-15)19-9-11-5-6-12(17)8-13(11)16/h3-8,10,19H,9H2,1-2H3. The minimum absolute atomic E-state index is 0.0415. The number of nitrogens with zero attached hydrogens (tertiary/aromatic N) is 1. The zero-order chi connectivity index (χ0) is 14.5. The van der Waals surface area contributed by atoms with Gasteiger partial charge in [0.2, 0.25) is 5.88 Å². The molecular weight excluding hydrogens is 279 g/mol. The van der Waals surface area contributed by atoms with E-state index in [-0.39, 0.29) is 11.9 Å². The van der Waals surface area contributed by atoms with Crippen molar-refractivity contribution >= 4 is 17.3 Å². The Morgan fingerprint density at radius 1 is 1.35 bits per heavy atom. The summed E-state index contributed by atoms with van der Waals surface area (Å²) in [7, 11) is 0. The number of anilines is 1. The molecule has 0 fully saturated rings. The van der Waals surface area contributed by atoms with Crippen molar-refractivity contribution < 1.29 is 9.13 Å². The highest BCUT2D eigenvalue weighted by molar-refractivity contribution is 6.31. The Morgan fingerprint density at radius 3 is 2.85 bits per heavy atom. The van der Waals surface area contributed by atoms with E-state index in [1.165, 1.54) is 12.1 Å². The minimum atomic E-state index is -0.344. The van der Waals surface area contributed by atoms with E-state index in [1.54, 1.807) is 12.3 Å². The largest absolute Gasteiger partial charge is 0.473 e. The molecule has 0 unspecified atom stereocenters. The minimum Gasteiger partial charge on any atom is -0.473 e. The van der Waals surface area contributed by atoms with Crippen LogP contribution in [0.1, 0.15) is 19.4 Å². The molecule has 1 aromatic heterocycles. The van der Waals surface area contributed by atoms with E-state index in [0.717, 1.165) is 11.3 Å². The van der Waals surface area contributed by atoms with Gasteiger partial charge in [-0.15, -0.1) is 0 Å². The summed E-state index contributed by atoms with van der Waals surface area (Å²) in [6, 6.07) is 8.04. The van der Waals surface area contributed by atoms with Crippen LogP contribution in [0.2, 0.25) is 5.02 Å². The fourth-order valence-corrected chi connectivity index (χ4v) is 1.93. The first-order chi connectivity index (χ1) is 9.56. The topological polar surface area (TPSA) is 34.1 Å². The molecule has 106 valence electrons. The average molecular weight is 295 g/mol. The predicted molar refractivity (Wildman–Crippen MR) is 78.7 cm³/mol. The van der Waals surface area contributed by atoms with Gasteiger partial charge in [0.15, 0.2) is 0 Å². The number of ether oxygens (including phenoxy) is 1. The van der Waals surface area contributed by atoms with Gasteiger partial charge in [-0.1, -0.05) is 17.7 Å². The van der Waals surface area contributed by atoms with Crippen LogP contribution >= 0.6 is 11.6 Å². The molecule has 2 aromatic rings. The molecular formula is C15H16ClFN2O. The van der Waals surface area contributed by atoms with Crippen molar-refractivity contribution in [2.24, 2.45) is 0 Å². The number of nitrogens with one attached hydrogen (secondary N) is 1. The fraction of sp³-hybridized carbons (Fsp3) is 0.267. The van der Waals surface area contributed by atoms with Crippen LogP contribution in [0.3, 0.4) is 0 Å². The number of pyridine rings is 1. The van der Waals surface area contributed by atoms with Crippen molar-refractivity contribution in [1.29, 1.82) is 0 Å². The molecule has 0 spiro atoms. The number of benzene rings is 1. The monoisotopic (exact) mass is 294 g/mol. The lowest BCUT2D eigenvalue weighted by molar-refractivity contribution is 0.234. The van der Waals surface area contributed by atoms with Gasteiger partial charge in [-0.2, -0.15) is 0 Å². The number of hydrogen-bond donors (Lipinski definition) is 1. The van der Waals surface area contributed by atoms with Gasteiger partial charge in [0.25, 0.3) is 0 Å². The van der Waals surface area contributed by atoms with Gasteiger partial charge in [0, 0.05) is 17.8 Å². The normalized spacial score (nSPS) is 10.7. The molecule has 20 heavy (non-hydrogen) atoms. The molecule has 0 bridgehead atoms. The number of halogens is 2. The Balaban J connectivity index is 2.10. The Kier molecular flexibility index (Phi) is 4.79. The van der Waals surface area contributed by atoms with Crippen LogP contribution in [0.15, 0.2) is 36.5 Å². The lowest BCUT2D eigenvalue weighted by atomic mass is 10.2. The van der Waals surface area contributed by atoms with Gasteiger partial charge in [0.1, 0.15) is 5.82 Å². The van der Waals surface area contributed by atoms with Crippen molar-refractivity contribution in [3.05, 3.63) is 52.9 Å². The van der Waals surface area contributed by atoms with Gasteiger partial charge >= 0.3 is 0 Å². The van der Waals surface area contributed by atoms with Crippen molar-refractivity contribution in [3.8, 4) is 5.88 Å². The maximum Gasteiger partial charge on any atom is 0.237 e. The van der Waals surface area contributed by atoms with Gasteiger partial charge in [-0.05, 0) is 43.7 Å². The third-order valence-corrected chi connectivity index (χ3v) is 2.95. The summed E-state index contributed by atoms with van der Waals surface area (Å²) >= 11 is 5.99. The first-order valence-electron chi connectivity index (χ1n) is 6.35. The highest BCUT2D eigenvalue weighted by Crippen LogP contribution is 2.24. The van der Waals surface area contributed by atoms with Gasteiger partial charge < -0.3 is 10.1 Å². The second-order valence-corrected chi connectivity index (χ2v) is 5.02. The van der Waals surface area contributed by atoms with Crippen LogP contribution in [-0.4, -0.2) is 11.1 Å². The van der Waals surface area contributed by atoms with Crippen LogP contribution in [0, 0.1) is 5.82 Å². The number of aromatic nitrogens is 1. The summed E-state index contributed by atoms with van der Waals surface area (Å²) in [6.45, 7) is 4.35. The van der Waals surface area contributed by atoms with E-state index in [1.807, 2.05) is 26.0 Å². The van der Waals surface area contributed by atoms with Crippen LogP contribution in [0.5, 0.6) is 5.88 Å². The molecule has 0 atom stereocenters. The summed E-state index contributed by atoms with van der Waals surface area (Å²) in [5, 5.41) is 3.60. The molecule has 0 amide bonds. The van der Waals surface area contributed by atoms with Crippen molar-refractivity contribution in [1.82, 2.24) is 4.98 Å². The van der Waals surface area contributed by atoms with Crippen molar-refractivity contribution in [2.45, 2.75) is 26.5 Å². The Bertz CT molecular complexity index is 590. The van der Waals surface area contributed by atoms with Crippen LogP contribution in [0.4, 0.5) is 10.1 Å². The van der Waals surface area contributed by atoms with Gasteiger partial charge in [-0.3, -0.25) is 0 Å². The first-order valence-corrected chi connectivity index (χ1v) is 6.73. The third-order valence-electron chi connectivity index (χ3n) is 2.60. The number of hydrogen-bond acceptors (Lipinski definition) is 3. The van der Waals surface area contributed by atoms with Crippen molar-refractivity contribution in [3.63, 3.8) is 0 Å². The van der Waals surface area contributed by atoms with Gasteiger partial charge in [-0.25, -0.2) is 9.37 Å². The van der Waals surface area contributed by atoms with E-state index in [9.17, 15) is 4.39 Å². The highest BCUT2D eigenvalue weighted by Gasteiger charge is 2.07.